The number of carbonyl (C=O) groups excluding carboxylic acids is 1. The molecule has 0 bridgehead atoms. The molecule has 1 saturated heterocycles. The third kappa shape index (κ3) is 6.35. The van der Waals surface area contributed by atoms with Gasteiger partial charge < -0.3 is 10.1 Å². The Morgan fingerprint density at radius 3 is 2.31 bits per heavy atom. The second kappa shape index (κ2) is 11.9. The minimum absolute atomic E-state index is 0.0282. The summed E-state index contributed by atoms with van der Waals surface area (Å²) >= 11 is 5.91. The number of anilines is 2. The van der Waals surface area contributed by atoms with Gasteiger partial charge in [-0.15, -0.1) is 0 Å². The first-order valence-electron chi connectivity index (χ1n) is 12.0. The van der Waals surface area contributed by atoms with E-state index in [0.29, 0.717) is 13.1 Å². The van der Waals surface area contributed by atoms with Gasteiger partial charge in [0.2, 0.25) is 15.9 Å². The average molecular weight is 596 g/mol. The molecule has 4 rings (SSSR count). The fourth-order valence-electron chi connectivity index (χ4n) is 4.19. The molecule has 9 nitrogen and oxygen atoms in total. The fraction of sp³-hybridized carbons (Fsp3) is 0.269. The Bertz CT molecular complexity index is 1560. The lowest BCUT2D eigenvalue weighted by Crippen LogP contribution is -2.38. The third-order valence-corrected chi connectivity index (χ3v) is 10.2. The van der Waals surface area contributed by atoms with Crippen LogP contribution < -0.4 is 14.4 Å². The normalized spacial score (nSPS) is 14.5. The predicted molar refractivity (Wildman–Crippen MR) is 147 cm³/mol. The average Bonchev–Trinajstić information content (AvgIpc) is 2.94. The molecule has 1 N–H and O–H groups in total. The summed E-state index contributed by atoms with van der Waals surface area (Å²) in [5.41, 5.74) is 0.0172. The minimum Gasteiger partial charge on any atom is -0.495 e. The number of hydrogen-bond acceptors (Lipinski definition) is 6. The molecule has 0 aliphatic carbocycles. The molecular weight excluding hydrogens is 569 g/mol. The van der Waals surface area contributed by atoms with E-state index >= 15 is 0 Å². The topological polar surface area (TPSA) is 113 Å². The maximum atomic E-state index is 13.8. The van der Waals surface area contributed by atoms with Gasteiger partial charge >= 0.3 is 0 Å². The summed E-state index contributed by atoms with van der Waals surface area (Å²) in [4.78, 5) is 13.1. The number of methoxy groups -OCH3 is 1. The monoisotopic (exact) mass is 595 g/mol. The Hall–Kier alpha value is -3.19. The second-order valence-electron chi connectivity index (χ2n) is 8.80. The standard InChI is InChI=1S/C26H27ClFN3O6S2/c1-37-25-13-11-21(38(33,34)30-14-6-3-7-15-30)17-24(25)29-26(32)18-31(19-10-12-23(28)22(27)16-19)39(35,36)20-8-4-2-5-9-20/h2,4-5,8-13,16-17H,3,6-7,14-15,18H2,1H3,(H,29,32). The zero-order valence-corrected chi connectivity index (χ0v) is 23.4. The Morgan fingerprint density at radius 1 is 0.974 bits per heavy atom. The van der Waals surface area contributed by atoms with E-state index < -0.39 is 38.3 Å². The van der Waals surface area contributed by atoms with E-state index in [9.17, 15) is 26.0 Å². The molecule has 3 aromatic carbocycles. The molecule has 39 heavy (non-hydrogen) atoms. The van der Waals surface area contributed by atoms with Crippen LogP contribution in [0, 0.1) is 5.82 Å². The van der Waals surface area contributed by atoms with E-state index in [0.717, 1.165) is 35.7 Å². The van der Waals surface area contributed by atoms with Gasteiger partial charge in [0.1, 0.15) is 18.1 Å². The molecule has 208 valence electrons. The summed E-state index contributed by atoms with van der Waals surface area (Å²) in [5, 5.41) is 2.25. The number of halogens is 2. The summed E-state index contributed by atoms with van der Waals surface area (Å²) in [6.45, 7) is 0.0939. The van der Waals surface area contributed by atoms with Crippen LogP contribution in [-0.2, 0) is 24.8 Å². The summed E-state index contributed by atoms with van der Waals surface area (Å²) in [5.74, 6) is -1.36. The predicted octanol–water partition coefficient (Wildman–Crippen LogP) is 4.50. The van der Waals surface area contributed by atoms with Crippen LogP contribution in [0.5, 0.6) is 5.75 Å². The Labute approximate surface area is 232 Å². The lowest BCUT2D eigenvalue weighted by molar-refractivity contribution is -0.114. The molecule has 1 aliphatic heterocycles. The van der Waals surface area contributed by atoms with Crippen LogP contribution in [-0.4, -0.2) is 53.8 Å². The fourth-order valence-corrected chi connectivity index (χ4v) is 7.35. The molecule has 0 saturated carbocycles. The first kappa shape index (κ1) is 28.8. The number of ether oxygens (including phenoxy) is 1. The van der Waals surface area contributed by atoms with Crippen LogP contribution >= 0.6 is 11.6 Å². The highest BCUT2D eigenvalue weighted by Crippen LogP contribution is 2.31. The van der Waals surface area contributed by atoms with Crippen molar-refractivity contribution >= 4 is 48.9 Å². The highest BCUT2D eigenvalue weighted by Gasteiger charge is 2.29. The number of carbonyl (C=O) groups is 1. The number of benzene rings is 3. The van der Waals surface area contributed by atoms with Gasteiger partial charge in [-0.25, -0.2) is 21.2 Å². The van der Waals surface area contributed by atoms with Gasteiger partial charge in [-0.05, 0) is 61.4 Å². The van der Waals surface area contributed by atoms with Crippen LogP contribution in [0.15, 0.2) is 76.5 Å². The van der Waals surface area contributed by atoms with Gasteiger partial charge in [0.25, 0.3) is 10.0 Å². The zero-order chi connectivity index (χ0) is 28.2. The smallest absolute Gasteiger partial charge is 0.264 e. The van der Waals surface area contributed by atoms with Gasteiger partial charge in [0, 0.05) is 13.1 Å². The Kier molecular flexibility index (Phi) is 8.80. The summed E-state index contributed by atoms with van der Waals surface area (Å²) < 4.78 is 74.7. The van der Waals surface area contributed by atoms with Crippen molar-refractivity contribution in [3.63, 3.8) is 0 Å². The van der Waals surface area contributed by atoms with Gasteiger partial charge in [0.15, 0.2) is 0 Å². The van der Waals surface area contributed by atoms with Crippen molar-refractivity contribution < 1.29 is 30.8 Å². The minimum atomic E-state index is -4.28. The van der Waals surface area contributed by atoms with Crippen molar-refractivity contribution in [1.82, 2.24) is 4.31 Å². The van der Waals surface area contributed by atoms with Crippen LogP contribution in [0.2, 0.25) is 5.02 Å². The molecular formula is C26H27ClFN3O6S2. The summed E-state index contributed by atoms with van der Waals surface area (Å²) in [7, 11) is -6.73. The van der Waals surface area contributed by atoms with Crippen molar-refractivity contribution in [3.8, 4) is 5.75 Å². The number of rotatable bonds is 9. The van der Waals surface area contributed by atoms with E-state index in [1.165, 1.54) is 59.9 Å². The maximum absolute atomic E-state index is 13.8. The molecule has 0 atom stereocenters. The van der Waals surface area contributed by atoms with Crippen molar-refractivity contribution in [1.29, 1.82) is 0 Å². The molecule has 0 radical (unpaired) electrons. The molecule has 1 fully saturated rings. The molecule has 1 heterocycles. The maximum Gasteiger partial charge on any atom is 0.264 e. The van der Waals surface area contributed by atoms with Crippen molar-refractivity contribution in [2.24, 2.45) is 0 Å². The van der Waals surface area contributed by atoms with E-state index in [2.05, 4.69) is 5.32 Å². The highest BCUT2D eigenvalue weighted by molar-refractivity contribution is 7.92. The Morgan fingerprint density at radius 2 is 1.67 bits per heavy atom. The summed E-state index contributed by atoms with van der Waals surface area (Å²) in [6.07, 6.45) is 2.48. The number of amides is 1. The van der Waals surface area contributed by atoms with Crippen molar-refractivity contribution in [2.45, 2.75) is 29.1 Å². The molecule has 0 aromatic heterocycles. The first-order valence-corrected chi connectivity index (χ1v) is 15.3. The molecule has 0 unspecified atom stereocenters. The van der Waals surface area contributed by atoms with Gasteiger partial charge in [-0.1, -0.05) is 36.2 Å². The third-order valence-electron chi connectivity index (χ3n) is 6.21. The highest BCUT2D eigenvalue weighted by atomic mass is 35.5. The van der Waals surface area contributed by atoms with Gasteiger partial charge in [-0.2, -0.15) is 4.31 Å². The van der Waals surface area contributed by atoms with Crippen molar-refractivity contribution in [3.05, 3.63) is 77.6 Å². The number of hydrogen-bond donors (Lipinski definition) is 1. The van der Waals surface area contributed by atoms with E-state index in [1.54, 1.807) is 6.07 Å². The first-order chi connectivity index (χ1) is 18.5. The summed E-state index contributed by atoms with van der Waals surface area (Å²) in [6, 6.07) is 14.8. The SMILES string of the molecule is COc1ccc(S(=O)(=O)N2CCCCC2)cc1NC(=O)CN(c1ccc(F)c(Cl)c1)S(=O)(=O)c1ccccc1. The van der Waals surface area contributed by atoms with Crippen LogP contribution in [0.4, 0.5) is 15.8 Å². The number of sulfonamides is 2. The van der Waals surface area contributed by atoms with Crippen LogP contribution in [0.1, 0.15) is 19.3 Å². The number of nitrogens with one attached hydrogen (secondary N) is 1. The number of nitrogens with zero attached hydrogens (tertiary/aromatic N) is 2. The lowest BCUT2D eigenvalue weighted by Gasteiger charge is -2.26. The Balaban J connectivity index is 1.66. The second-order valence-corrected chi connectivity index (χ2v) is 13.0. The number of piperidine rings is 1. The molecule has 1 amide bonds. The van der Waals surface area contributed by atoms with Gasteiger partial charge in [0.05, 0.1) is 33.3 Å². The molecule has 3 aromatic rings. The largest absolute Gasteiger partial charge is 0.495 e. The molecule has 13 heteroatoms. The van der Waals surface area contributed by atoms with Gasteiger partial charge in [-0.3, -0.25) is 9.10 Å². The van der Waals surface area contributed by atoms with Crippen LogP contribution in [0.3, 0.4) is 0 Å². The van der Waals surface area contributed by atoms with E-state index in [-0.39, 0.29) is 31.9 Å². The molecule has 1 aliphatic rings. The quantitative estimate of drug-likeness (QED) is 0.390. The van der Waals surface area contributed by atoms with E-state index in [1.807, 2.05) is 0 Å². The van der Waals surface area contributed by atoms with Crippen LogP contribution in [0.25, 0.3) is 0 Å². The zero-order valence-electron chi connectivity index (χ0n) is 21.0. The molecule has 0 spiro atoms. The lowest BCUT2D eigenvalue weighted by atomic mass is 10.2. The van der Waals surface area contributed by atoms with E-state index in [4.69, 9.17) is 16.3 Å². The van der Waals surface area contributed by atoms with Crippen molar-refractivity contribution in [2.75, 3.05) is 36.4 Å².